The number of nitrogens with one attached hydrogen (secondary N) is 1. The van der Waals surface area contributed by atoms with Crippen molar-refractivity contribution < 1.29 is 4.42 Å². The molecule has 0 fully saturated rings. The Kier molecular flexibility index (Phi) is 3.06. The Labute approximate surface area is 113 Å². The van der Waals surface area contributed by atoms with E-state index in [0.29, 0.717) is 11.2 Å². The number of rotatable bonds is 3. The van der Waals surface area contributed by atoms with Crippen LogP contribution in [0, 0.1) is 6.92 Å². The fraction of sp³-hybridized carbons (Fsp3) is 0.0833. The fourth-order valence-corrected chi connectivity index (χ4v) is 2.46. The van der Waals surface area contributed by atoms with E-state index in [1.165, 1.54) is 11.8 Å². The van der Waals surface area contributed by atoms with Gasteiger partial charge in [0, 0.05) is 5.69 Å². The van der Waals surface area contributed by atoms with Crippen LogP contribution in [0.5, 0.6) is 0 Å². The molecule has 6 nitrogen and oxygen atoms in total. The van der Waals surface area contributed by atoms with Crippen molar-refractivity contribution in [2.45, 2.75) is 17.2 Å². The average Bonchev–Trinajstić information content (AvgIpc) is 2.80. The Balaban J connectivity index is 1.94. The summed E-state index contributed by atoms with van der Waals surface area (Å²) in [5, 5.41) is 1.27. The molecule has 0 atom stereocenters. The molecule has 7 heteroatoms. The lowest BCUT2D eigenvalue weighted by Gasteiger charge is -2.02. The average molecular weight is 273 g/mol. The van der Waals surface area contributed by atoms with Gasteiger partial charge in [-0.3, -0.25) is 5.43 Å². The molecule has 0 spiro atoms. The van der Waals surface area contributed by atoms with Crippen LogP contribution in [-0.2, 0) is 0 Å². The van der Waals surface area contributed by atoms with Gasteiger partial charge in [-0.15, -0.1) is 0 Å². The maximum absolute atomic E-state index is 5.63. The van der Waals surface area contributed by atoms with Crippen molar-refractivity contribution in [3.8, 4) is 0 Å². The molecule has 19 heavy (non-hydrogen) atoms. The van der Waals surface area contributed by atoms with Gasteiger partial charge in [0.15, 0.2) is 5.58 Å². The van der Waals surface area contributed by atoms with Crippen LogP contribution in [-0.4, -0.2) is 15.0 Å². The van der Waals surface area contributed by atoms with Crippen molar-refractivity contribution in [1.29, 1.82) is 0 Å². The summed E-state index contributed by atoms with van der Waals surface area (Å²) in [6, 6.07) is 9.46. The van der Waals surface area contributed by atoms with Crippen molar-refractivity contribution in [3.63, 3.8) is 0 Å². The molecule has 0 saturated carbocycles. The monoisotopic (exact) mass is 273 g/mol. The second-order valence-electron chi connectivity index (χ2n) is 3.87. The number of aryl methyl sites for hydroxylation is 1. The summed E-state index contributed by atoms with van der Waals surface area (Å²) < 4.78 is 5.63. The maximum Gasteiger partial charge on any atom is 0.263 e. The number of benzene rings is 1. The molecule has 0 bridgehead atoms. The van der Waals surface area contributed by atoms with Gasteiger partial charge in [0.1, 0.15) is 10.5 Å². The molecule has 0 saturated heterocycles. The summed E-state index contributed by atoms with van der Waals surface area (Å²) in [6.07, 6.45) is 0. The molecule has 2 heterocycles. The Morgan fingerprint density at radius 3 is 2.84 bits per heavy atom. The molecule has 1 aromatic carbocycles. The summed E-state index contributed by atoms with van der Waals surface area (Å²) in [7, 11) is 0. The zero-order valence-corrected chi connectivity index (χ0v) is 10.9. The normalized spacial score (nSPS) is 10.8. The van der Waals surface area contributed by atoms with Crippen molar-refractivity contribution in [1.82, 2.24) is 15.0 Å². The highest BCUT2D eigenvalue weighted by atomic mass is 32.2. The summed E-state index contributed by atoms with van der Waals surface area (Å²) >= 11 is 1.33. The van der Waals surface area contributed by atoms with E-state index in [4.69, 9.17) is 10.3 Å². The van der Waals surface area contributed by atoms with Crippen LogP contribution in [0.15, 0.2) is 45.0 Å². The van der Waals surface area contributed by atoms with Crippen molar-refractivity contribution in [2.75, 3.05) is 5.43 Å². The topological polar surface area (TPSA) is 89.9 Å². The van der Waals surface area contributed by atoms with E-state index in [0.717, 1.165) is 21.8 Å². The Morgan fingerprint density at radius 2 is 2.05 bits per heavy atom. The molecule has 0 unspecified atom stereocenters. The number of nitrogens with zero attached hydrogens (tertiary/aromatic N) is 3. The zero-order chi connectivity index (χ0) is 13.2. The molecule has 3 N–H and O–H groups in total. The predicted octanol–water partition coefficient (Wildman–Crippen LogP) is 2.36. The highest BCUT2D eigenvalue weighted by molar-refractivity contribution is 7.99. The quantitative estimate of drug-likeness (QED) is 0.430. The van der Waals surface area contributed by atoms with Gasteiger partial charge in [0.25, 0.3) is 5.22 Å². The van der Waals surface area contributed by atoms with E-state index in [-0.39, 0.29) is 0 Å². The number of nitrogen functional groups attached to an aromatic ring is 1. The summed E-state index contributed by atoms with van der Waals surface area (Å²) in [4.78, 5) is 12.7. The van der Waals surface area contributed by atoms with E-state index in [1.54, 1.807) is 0 Å². The summed E-state index contributed by atoms with van der Waals surface area (Å²) in [6.45, 7) is 1.87. The fourth-order valence-electron chi connectivity index (χ4n) is 1.64. The van der Waals surface area contributed by atoms with Crippen LogP contribution in [0.4, 0.5) is 5.95 Å². The minimum absolute atomic E-state index is 0.374. The molecule has 2 aromatic heterocycles. The lowest BCUT2D eigenvalue weighted by Crippen LogP contribution is -2.11. The number of hydrazine groups is 1. The molecule has 3 rings (SSSR count). The SMILES string of the molecule is Cc1cc(Sc2nc3ccccc3o2)nc(NN)n1. The molecule has 96 valence electrons. The Bertz CT molecular complexity index is 694. The van der Waals surface area contributed by atoms with E-state index in [9.17, 15) is 0 Å². The number of hydrogen-bond acceptors (Lipinski definition) is 7. The minimum Gasteiger partial charge on any atom is -0.431 e. The summed E-state index contributed by atoms with van der Waals surface area (Å²) in [5.74, 6) is 5.69. The van der Waals surface area contributed by atoms with Crippen LogP contribution >= 0.6 is 11.8 Å². The standard InChI is InChI=1S/C12H11N5OS/c1-7-6-10(16-11(14-7)17-13)19-12-15-8-4-2-3-5-9(8)18-12/h2-6H,13H2,1H3,(H,14,16,17). The third-order valence-electron chi connectivity index (χ3n) is 2.43. The molecule has 0 aliphatic rings. The number of hydrogen-bond donors (Lipinski definition) is 2. The van der Waals surface area contributed by atoms with E-state index < -0.39 is 0 Å². The van der Waals surface area contributed by atoms with Crippen molar-refractivity contribution >= 4 is 28.8 Å². The third-order valence-corrected chi connectivity index (χ3v) is 3.19. The predicted molar refractivity (Wildman–Crippen MR) is 72.7 cm³/mol. The first-order valence-corrected chi connectivity index (χ1v) is 6.42. The first-order chi connectivity index (χ1) is 9.24. The van der Waals surface area contributed by atoms with E-state index >= 15 is 0 Å². The summed E-state index contributed by atoms with van der Waals surface area (Å²) in [5.41, 5.74) is 4.84. The molecular formula is C12H11N5OS. The van der Waals surface area contributed by atoms with Crippen LogP contribution in [0.3, 0.4) is 0 Å². The molecule has 0 aliphatic carbocycles. The number of oxazole rings is 1. The number of para-hydroxylation sites is 2. The highest BCUT2D eigenvalue weighted by Crippen LogP contribution is 2.29. The molecule has 3 aromatic rings. The second kappa shape index (κ2) is 4.87. The van der Waals surface area contributed by atoms with Crippen LogP contribution < -0.4 is 11.3 Å². The van der Waals surface area contributed by atoms with Gasteiger partial charge in [0.05, 0.1) is 0 Å². The molecule has 0 aliphatic heterocycles. The molecular weight excluding hydrogens is 262 g/mol. The van der Waals surface area contributed by atoms with Gasteiger partial charge in [-0.1, -0.05) is 12.1 Å². The lowest BCUT2D eigenvalue weighted by molar-refractivity contribution is 0.489. The van der Waals surface area contributed by atoms with Crippen molar-refractivity contribution in [3.05, 3.63) is 36.0 Å². The molecule has 0 amide bonds. The Hall–Kier alpha value is -2.12. The van der Waals surface area contributed by atoms with Gasteiger partial charge in [-0.25, -0.2) is 20.8 Å². The number of nitrogens with two attached hydrogens (primary N) is 1. The highest BCUT2D eigenvalue weighted by Gasteiger charge is 2.09. The maximum atomic E-state index is 5.63. The van der Waals surface area contributed by atoms with Crippen LogP contribution in [0.2, 0.25) is 0 Å². The third kappa shape index (κ3) is 2.51. The zero-order valence-electron chi connectivity index (χ0n) is 10.1. The second-order valence-corrected chi connectivity index (χ2v) is 4.84. The van der Waals surface area contributed by atoms with Gasteiger partial charge in [-0.2, -0.15) is 0 Å². The van der Waals surface area contributed by atoms with Crippen LogP contribution in [0.25, 0.3) is 11.1 Å². The smallest absolute Gasteiger partial charge is 0.263 e. The van der Waals surface area contributed by atoms with Gasteiger partial charge < -0.3 is 4.42 Å². The molecule has 0 radical (unpaired) electrons. The number of anilines is 1. The van der Waals surface area contributed by atoms with Gasteiger partial charge in [0.2, 0.25) is 5.95 Å². The van der Waals surface area contributed by atoms with E-state index in [2.05, 4.69) is 20.4 Å². The van der Waals surface area contributed by atoms with E-state index in [1.807, 2.05) is 37.3 Å². The first-order valence-electron chi connectivity index (χ1n) is 5.60. The largest absolute Gasteiger partial charge is 0.431 e. The number of fused-ring (bicyclic) bond motifs is 1. The van der Waals surface area contributed by atoms with Crippen molar-refractivity contribution in [2.24, 2.45) is 5.84 Å². The van der Waals surface area contributed by atoms with Gasteiger partial charge >= 0.3 is 0 Å². The number of aromatic nitrogens is 3. The first kappa shape index (κ1) is 11.9. The van der Waals surface area contributed by atoms with Crippen LogP contribution in [0.1, 0.15) is 5.69 Å². The Morgan fingerprint density at radius 1 is 1.21 bits per heavy atom. The lowest BCUT2D eigenvalue weighted by atomic mass is 10.3. The minimum atomic E-state index is 0.374. The van der Waals surface area contributed by atoms with Gasteiger partial charge in [-0.05, 0) is 36.9 Å².